The van der Waals surface area contributed by atoms with Gasteiger partial charge in [0.05, 0.1) is 0 Å². The third kappa shape index (κ3) is 2.44. The summed E-state index contributed by atoms with van der Waals surface area (Å²) in [6.07, 6.45) is 1.07. The van der Waals surface area contributed by atoms with Gasteiger partial charge >= 0.3 is 105 Å². The van der Waals surface area contributed by atoms with Crippen molar-refractivity contribution < 1.29 is 13.5 Å². The van der Waals surface area contributed by atoms with Gasteiger partial charge in [0, 0.05) is 0 Å². The Bertz CT molecular complexity index is 563. The molecule has 0 aliphatic heterocycles. The number of hydrogen-bond acceptors (Lipinski definition) is 3. The standard InChI is InChI=1S/C11H7AsF2N2O/c1-17-9-4-6(13)2-3-7(9)10-8(14)5-15-11(12)16-10/h2-5H,1H3. The molecule has 2 aromatic rings. The van der Waals surface area contributed by atoms with Gasteiger partial charge in [-0.15, -0.1) is 0 Å². The summed E-state index contributed by atoms with van der Waals surface area (Å²) in [6.45, 7) is 0. The molecule has 0 aliphatic rings. The van der Waals surface area contributed by atoms with Crippen LogP contribution in [0.3, 0.4) is 0 Å². The summed E-state index contributed by atoms with van der Waals surface area (Å²) in [4.78, 5) is 7.67. The van der Waals surface area contributed by atoms with Crippen molar-refractivity contribution in [3.8, 4) is 17.0 Å². The van der Waals surface area contributed by atoms with Gasteiger partial charge in [-0.1, -0.05) is 0 Å². The van der Waals surface area contributed by atoms with Crippen LogP contribution in [0.4, 0.5) is 8.78 Å². The molecule has 2 rings (SSSR count). The second-order valence-corrected chi connectivity index (χ2v) is 4.05. The Morgan fingerprint density at radius 1 is 1.29 bits per heavy atom. The van der Waals surface area contributed by atoms with E-state index in [4.69, 9.17) is 4.74 Å². The van der Waals surface area contributed by atoms with Gasteiger partial charge in [0.15, 0.2) is 0 Å². The second-order valence-electron chi connectivity index (χ2n) is 3.21. The number of aromatic nitrogens is 2. The number of hydrogen-bond donors (Lipinski definition) is 0. The third-order valence-corrected chi connectivity index (χ3v) is 2.60. The predicted octanol–water partition coefficient (Wildman–Crippen LogP) is 1.22. The van der Waals surface area contributed by atoms with Crippen molar-refractivity contribution in [3.05, 3.63) is 36.0 Å². The molecule has 1 heterocycles. The van der Waals surface area contributed by atoms with Crippen LogP contribution < -0.4 is 9.35 Å². The first-order valence-corrected chi connectivity index (χ1v) is 5.61. The quantitative estimate of drug-likeness (QED) is 0.782. The minimum atomic E-state index is -0.579. The Morgan fingerprint density at radius 2 is 2.06 bits per heavy atom. The Kier molecular flexibility index (Phi) is 3.38. The molecule has 3 nitrogen and oxygen atoms in total. The summed E-state index contributed by atoms with van der Waals surface area (Å²) in [5.41, 5.74) is 0.480. The van der Waals surface area contributed by atoms with Crippen LogP contribution in [0.25, 0.3) is 11.3 Å². The summed E-state index contributed by atoms with van der Waals surface area (Å²) in [5, 5.41) is 0. The zero-order valence-electron chi connectivity index (χ0n) is 8.82. The van der Waals surface area contributed by atoms with Crippen molar-refractivity contribution in [2.75, 3.05) is 7.11 Å². The zero-order valence-corrected chi connectivity index (χ0v) is 10.7. The molecule has 0 aliphatic carbocycles. The molecule has 0 bridgehead atoms. The first-order chi connectivity index (χ1) is 8.11. The van der Waals surface area contributed by atoms with E-state index in [1.165, 1.54) is 25.3 Å². The number of methoxy groups -OCH3 is 1. The van der Waals surface area contributed by atoms with E-state index in [1.54, 1.807) is 0 Å². The van der Waals surface area contributed by atoms with Gasteiger partial charge in [-0.05, 0) is 0 Å². The van der Waals surface area contributed by atoms with Crippen molar-refractivity contribution in [1.82, 2.24) is 9.97 Å². The summed E-state index contributed by atoms with van der Waals surface area (Å²) in [7, 11) is 1.39. The minimum absolute atomic E-state index is 0.0903. The fourth-order valence-corrected chi connectivity index (χ4v) is 1.74. The van der Waals surface area contributed by atoms with Crippen molar-refractivity contribution in [3.63, 3.8) is 0 Å². The average Bonchev–Trinajstić information content (AvgIpc) is 2.32. The molecule has 2 radical (unpaired) electrons. The van der Waals surface area contributed by atoms with Crippen molar-refractivity contribution >= 4 is 21.5 Å². The summed E-state index contributed by atoms with van der Waals surface area (Å²) in [6, 6.07) is 3.83. The van der Waals surface area contributed by atoms with Gasteiger partial charge in [0.25, 0.3) is 0 Å². The molecular formula is C11H7AsF2N2O. The second kappa shape index (κ2) is 4.80. The van der Waals surface area contributed by atoms with E-state index in [-0.39, 0.29) is 11.4 Å². The third-order valence-electron chi connectivity index (χ3n) is 2.15. The van der Waals surface area contributed by atoms with Crippen molar-refractivity contribution in [1.29, 1.82) is 0 Å². The van der Waals surface area contributed by atoms with Gasteiger partial charge in [-0.3, -0.25) is 0 Å². The first kappa shape index (κ1) is 12.0. The Balaban J connectivity index is 2.63. The van der Waals surface area contributed by atoms with Gasteiger partial charge in [-0.25, -0.2) is 0 Å². The molecule has 0 saturated heterocycles. The van der Waals surface area contributed by atoms with Crippen LogP contribution in [0.2, 0.25) is 0 Å². The molecule has 0 atom stereocenters. The van der Waals surface area contributed by atoms with Crippen molar-refractivity contribution in [2.45, 2.75) is 0 Å². The molecule has 1 aromatic heterocycles. The fourth-order valence-electron chi connectivity index (χ4n) is 1.41. The molecule has 0 spiro atoms. The number of ether oxygens (including phenoxy) is 1. The van der Waals surface area contributed by atoms with Gasteiger partial charge in [-0.2, -0.15) is 0 Å². The topological polar surface area (TPSA) is 35.0 Å². The Labute approximate surface area is 105 Å². The van der Waals surface area contributed by atoms with E-state index >= 15 is 0 Å². The van der Waals surface area contributed by atoms with E-state index in [9.17, 15) is 8.78 Å². The van der Waals surface area contributed by atoms with Gasteiger partial charge < -0.3 is 0 Å². The Morgan fingerprint density at radius 3 is 2.76 bits per heavy atom. The first-order valence-electron chi connectivity index (χ1n) is 4.67. The SMILES string of the molecule is COc1cc(F)ccc1-c1nc([As])ncc1F. The molecule has 0 unspecified atom stereocenters. The van der Waals surface area contributed by atoms with Gasteiger partial charge in [0.2, 0.25) is 0 Å². The van der Waals surface area contributed by atoms with E-state index < -0.39 is 11.6 Å². The van der Waals surface area contributed by atoms with E-state index in [1.807, 2.05) is 0 Å². The zero-order chi connectivity index (χ0) is 12.4. The number of rotatable bonds is 2. The number of halogens is 2. The average molecular weight is 296 g/mol. The maximum atomic E-state index is 13.6. The van der Waals surface area contributed by atoms with Crippen LogP contribution in [0.15, 0.2) is 24.4 Å². The molecular weight excluding hydrogens is 289 g/mol. The molecule has 17 heavy (non-hydrogen) atoms. The van der Waals surface area contributed by atoms with E-state index in [0.717, 1.165) is 6.20 Å². The normalized spacial score (nSPS) is 10.4. The van der Waals surface area contributed by atoms with E-state index in [2.05, 4.69) is 26.8 Å². The molecule has 86 valence electrons. The molecule has 0 N–H and O–H groups in total. The van der Waals surface area contributed by atoms with Crippen molar-refractivity contribution in [2.24, 2.45) is 0 Å². The van der Waals surface area contributed by atoms with E-state index in [0.29, 0.717) is 10.2 Å². The van der Waals surface area contributed by atoms with Gasteiger partial charge in [0.1, 0.15) is 0 Å². The number of benzene rings is 1. The van der Waals surface area contributed by atoms with Crippen LogP contribution in [0.5, 0.6) is 5.75 Å². The number of nitrogens with zero attached hydrogens (tertiary/aromatic N) is 2. The molecule has 1 aromatic carbocycles. The van der Waals surface area contributed by atoms with Crippen LogP contribution >= 0.6 is 0 Å². The van der Waals surface area contributed by atoms with Crippen LogP contribution in [-0.2, 0) is 0 Å². The van der Waals surface area contributed by atoms with Crippen LogP contribution in [0, 0.1) is 11.6 Å². The summed E-state index contributed by atoms with van der Waals surface area (Å²) < 4.78 is 32.0. The maximum absolute atomic E-state index is 13.6. The molecule has 0 amide bonds. The molecule has 0 saturated carbocycles. The predicted molar refractivity (Wildman–Crippen MR) is 59.3 cm³/mol. The van der Waals surface area contributed by atoms with Crippen LogP contribution in [0.1, 0.15) is 0 Å². The summed E-state index contributed by atoms with van der Waals surface area (Å²) in [5.74, 6) is -0.799. The Hall–Kier alpha value is -1.48. The summed E-state index contributed by atoms with van der Waals surface area (Å²) >= 11 is 2.12. The van der Waals surface area contributed by atoms with Crippen LogP contribution in [-0.4, -0.2) is 33.9 Å². The fraction of sp³-hybridized carbons (Fsp3) is 0.0909. The molecule has 6 heteroatoms. The monoisotopic (exact) mass is 296 g/mol. The molecule has 0 fully saturated rings.